The van der Waals surface area contributed by atoms with Gasteiger partial charge >= 0.3 is 0 Å². The lowest BCUT2D eigenvalue weighted by Gasteiger charge is -2.40. The molecule has 0 radical (unpaired) electrons. The van der Waals surface area contributed by atoms with Gasteiger partial charge in [-0.25, -0.2) is 0 Å². The molecule has 1 heterocycles. The van der Waals surface area contributed by atoms with Crippen LogP contribution in [0.15, 0.2) is 6.20 Å². The van der Waals surface area contributed by atoms with Crippen molar-refractivity contribution in [1.82, 2.24) is 9.78 Å². The second-order valence-corrected chi connectivity index (χ2v) is 6.06. The summed E-state index contributed by atoms with van der Waals surface area (Å²) in [7, 11) is 0. The number of hydrogen-bond donors (Lipinski definition) is 1. The Morgan fingerprint density at radius 3 is 2.89 bits per heavy atom. The molecular weight excluding hydrogens is 248 g/mol. The van der Waals surface area contributed by atoms with Gasteiger partial charge in [-0.2, -0.15) is 5.10 Å². The van der Waals surface area contributed by atoms with E-state index >= 15 is 0 Å². The van der Waals surface area contributed by atoms with Crippen LogP contribution in [-0.2, 0) is 5.60 Å². The van der Waals surface area contributed by atoms with Crippen molar-refractivity contribution in [3.63, 3.8) is 0 Å². The molecule has 1 fully saturated rings. The summed E-state index contributed by atoms with van der Waals surface area (Å²) in [5.74, 6) is 0.290. The van der Waals surface area contributed by atoms with Crippen molar-refractivity contribution in [3.05, 3.63) is 16.9 Å². The van der Waals surface area contributed by atoms with Crippen molar-refractivity contribution < 1.29 is 5.11 Å². The first-order chi connectivity index (χ1) is 8.50. The zero-order valence-corrected chi connectivity index (χ0v) is 12.2. The average Bonchev–Trinajstić information content (AvgIpc) is 2.72. The molecule has 1 saturated carbocycles. The van der Waals surface area contributed by atoms with Gasteiger partial charge in [-0.05, 0) is 32.6 Å². The van der Waals surface area contributed by atoms with E-state index in [9.17, 15) is 5.11 Å². The molecule has 2 atom stereocenters. The molecule has 102 valence electrons. The molecule has 1 aromatic rings. The summed E-state index contributed by atoms with van der Waals surface area (Å²) >= 11 is 6.29. The predicted molar refractivity (Wildman–Crippen MR) is 73.8 cm³/mol. The van der Waals surface area contributed by atoms with Crippen molar-refractivity contribution in [3.8, 4) is 0 Å². The monoisotopic (exact) mass is 270 g/mol. The normalized spacial score (nSPS) is 28.9. The molecule has 2 unspecified atom stereocenters. The van der Waals surface area contributed by atoms with E-state index < -0.39 is 5.60 Å². The van der Waals surface area contributed by atoms with Crippen LogP contribution in [0.5, 0.6) is 0 Å². The molecule has 1 aliphatic rings. The van der Waals surface area contributed by atoms with E-state index in [0.29, 0.717) is 5.02 Å². The summed E-state index contributed by atoms with van der Waals surface area (Å²) in [6.45, 7) is 6.28. The first-order valence-electron chi connectivity index (χ1n) is 6.96. The molecule has 1 aliphatic carbocycles. The number of aromatic nitrogens is 2. The Hall–Kier alpha value is -0.540. The van der Waals surface area contributed by atoms with Crippen LogP contribution in [0.3, 0.4) is 0 Å². The van der Waals surface area contributed by atoms with Gasteiger partial charge in [0.05, 0.1) is 16.9 Å². The summed E-state index contributed by atoms with van der Waals surface area (Å²) < 4.78 is 1.89. The third-order valence-electron chi connectivity index (χ3n) is 4.18. The molecular formula is C14H23ClN2O. The van der Waals surface area contributed by atoms with E-state index in [4.69, 9.17) is 11.6 Å². The maximum absolute atomic E-state index is 11.2. The zero-order valence-electron chi connectivity index (χ0n) is 11.5. The van der Waals surface area contributed by atoms with Crippen LogP contribution in [0.4, 0.5) is 0 Å². The summed E-state index contributed by atoms with van der Waals surface area (Å²) in [5, 5.41) is 16.1. The third kappa shape index (κ3) is 2.19. The number of nitrogens with zero attached hydrogens (tertiary/aromatic N) is 2. The van der Waals surface area contributed by atoms with Crippen LogP contribution >= 0.6 is 11.6 Å². The number of halogens is 1. The highest BCUT2D eigenvalue weighted by atomic mass is 35.5. The Morgan fingerprint density at radius 2 is 2.28 bits per heavy atom. The van der Waals surface area contributed by atoms with Crippen LogP contribution < -0.4 is 0 Å². The first kappa shape index (κ1) is 13.9. The molecule has 0 bridgehead atoms. The van der Waals surface area contributed by atoms with Gasteiger partial charge in [-0.3, -0.25) is 4.68 Å². The lowest BCUT2D eigenvalue weighted by Crippen LogP contribution is -2.40. The fourth-order valence-corrected chi connectivity index (χ4v) is 3.51. The molecule has 0 aromatic carbocycles. The van der Waals surface area contributed by atoms with Crippen molar-refractivity contribution in [2.24, 2.45) is 5.92 Å². The summed E-state index contributed by atoms with van der Waals surface area (Å²) in [5.41, 5.74) is 0.0240. The third-order valence-corrected chi connectivity index (χ3v) is 4.46. The Morgan fingerprint density at radius 1 is 1.56 bits per heavy atom. The van der Waals surface area contributed by atoms with Crippen molar-refractivity contribution in [2.45, 2.75) is 64.5 Å². The van der Waals surface area contributed by atoms with Gasteiger partial charge in [0.2, 0.25) is 0 Å². The first-order valence-corrected chi connectivity index (χ1v) is 7.34. The zero-order chi connectivity index (χ0) is 13.3. The lowest BCUT2D eigenvalue weighted by molar-refractivity contribution is -0.0631. The Labute approximate surface area is 114 Å². The molecule has 0 aliphatic heterocycles. The smallest absolute Gasteiger partial charge is 0.110 e. The van der Waals surface area contributed by atoms with Crippen molar-refractivity contribution in [1.29, 1.82) is 0 Å². The van der Waals surface area contributed by atoms with Crippen LogP contribution in [-0.4, -0.2) is 14.9 Å². The molecule has 18 heavy (non-hydrogen) atoms. The van der Waals surface area contributed by atoms with Gasteiger partial charge in [-0.15, -0.1) is 0 Å². The van der Waals surface area contributed by atoms with E-state index in [2.05, 4.69) is 25.9 Å². The SMILES string of the molecule is CCC1CCCCC1(O)c1c(Cl)cnn1C(C)C. The van der Waals surface area contributed by atoms with Gasteiger partial charge in [0, 0.05) is 6.04 Å². The second-order valence-electron chi connectivity index (χ2n) is 5.65. The highest BCUT2D eigenvalue weighted by Gasteiger charge is 2.43. The lowest BCUT2D eigenvalue weighted by atomic mass is 9.72. The maximum atomic E-state index is 11.2. The summed E-state index contributed by atoms with van der Waals surface area (Å²) in [6.07, 6.45) is 6.78. The highest BCUT2D eigenvalue weighted by molar-refractivity contribution is 6.31. The standard InChI is InChI=1S/C14H23ClN2O/c1-4-11-7-5-6-8-14(11,18)13-12(15)9-16-17(13)10(2)3/h9-11,18H,4-8H2,1-3H3. The molecule has 4 heteroatoms. The second kappa shape index (κ2) is 5.22. The van der Waals surface area contributed by atoms with Gasteiger partial charge < -0.3 is 5.11 Å². The average molecular weight is 271 g/mol. The number of hydrogen-bond acceptors (Lipinski definition) is 2. The quantitative estimate of drug-likeness (QED) is 0.904. The Balaban J connectivity index is 2.47. The summed E-state index contributed by atoms with van der Waals surface area (Å²) in [4.78, 5) is 0. The molecule has 0 saturated heterocycles. The van der Waals surface area contributed by atoms with E-state index in [1.54, 1.807) is 6.20 Å². The molecule has 1 N–H and O–H groups in total. The minimum Gasteiger partial charge on any atom is -0.383 e. The van der Waals surface area contributed by atoms with Crippen LogP contribution in [0, 0.1) is 5.92 Å². The van der Waals surface area contributed by atoms with E-state index in [0.717, 1.165) is 31.4 Å². The fraction of sp³-hybridized carbons (Fsp3) is 0.786. The Bertz CT molecular complexity index is 416. The molecule has 0 spiro atoms. The minimum atomic E-state index is -0.801. The topological polar surface area (TPSA) is 38.1 Å². The van der Waals surface area contributed by atoms with Crippen LogP contribution in [0.2, 0.25) is 5.02 Å². The predicted octanol–water partition coefficient (Wildman–Crippen LogP) is 3.91. The van der Waals surface area contributed by atoms with E-state index in [1.165, 1.54) is 6.42 Å². The van der Waals surface area contributed by atoms with Gasteiger partial charge in [-0.1, -0.05) is 37.8 Å². The van der Waals surface area contributed by atoms with Crippen molar-refractivity contribution in [2.75, 3.05) is 0 Å². The molecule has 3 nitrogen and oxygen atoms in total. The van der Waals surface area contributed by atoms with Gasteiger partial charge in [0.1, 0.15) is 5.60 Å². The molecule has 2 rings (SSSR count). The largest absolute Gasteiger partial charge is 0.383 e. The number of aliphatic hydroxyl groups is 1. The van der Waals surface area contributed by atoms with E-state index in [-0.39, 0.29) is 12.0 Å². The highest BCUT2D eigenvalue weighted by Crippen LogP contribution is 2.45. The number of rotatable bonds is 3. The Kier molecular flexibility index (Phi) is 4.02. The molecule has 1 aromatic heterocycles. The summed E-state index contributed by atoms with van der Waals surface area (Å²) in [6, 6.07) is 0.218. The van der Waals surface area contributed by atoms with E-state index in [1.807, 2.05) is 4.68 Å². The maximum Gasteiger partial charge on any atom is 0.110 e. The molecule has 0 amide bonds. The van der Waals surface area contributed by atoms with Crippen molar-refractivity contribution >= 4 is 11.6 Å². The van der Waals surface area contributed by atoms with Gasteiger partial charge in [0.15, 0.2) is 0 Å². The van der Waals surface area contributed by atoms with Crippen LogP contribution in [0.25, 0.3) is 0 Å². The minimum absolute atomic E-state index is 0.218. The fourth-order valence-electron chi connectivity index (χ4n) is 3.22. The van der Waals surface area contributed by atoms with Crippen LogP contribution in [0.1, 0.15) is 64.6 Å². The van der Waals surface area contributed by atoms with Gasteiger partial charge in [0.25, 0.3) is 0 Å².